The Kier molecular flexibility index (Phi) is 8.21. The zero-order valence-electron chi connectivity index (χ0n) is 31.8. The first-order valence-electron chi connectivity index (χ1n) is 19.6. The molecule has 4 heterocycles. The second kappa shape index (κ2) is 13.6. The Bertz CT molecular complexity index is 2920. The summed E-state index contributed by atoms with van der Waals surface area (Å²) in [5.41, 5.74) is 6.02. The first kappa shape index (κ1) is 36.2. The summed E-state index contributed by atoms with van der Waals surface area (Å²) in [7, 11) is 1.44. The van der Waals surface area contributed by atoms with E-state index >= 15 is 0 Å². The predicted octanol–water partition coefficient (Wildman–Crippen LogP) is 8.82. The fourth-order valence-corrected chi connectivity index (χ4v) is 10.4. The number of imide groups is 2. The molecule has 1 saturated carbocycles. The first-order chi connectivity index (χ1) is 29.2. The molecule has 0 spiro atoms. The van der Waals surface area contributed by atoms with Gasteiger partial charge in [0.25, 0.3) is 0 Å². The maximum atomic E-state index is 14.8. The van der Waals surface area contributed by atoms with Gasteiger partial charge in [-0.1, -0.05) is 51.8 Å². The van der Waals surface area contributed by atoms with Gasteiger partial charge in [-0.25, -0.2) is 9.97 Å². The molecule has 12 nitrogen and oxygen atoms in total. The number of oxazole rings is 2. The molecule has 6 unspecified atom stereocenters. The van der Waals surface area contributed by atoms with Crippen LogP contribution in [0, 0.1) is 29.6 Å². The fraction of sp³-hybridized carbons (Fsp3) is 0.191. The number of fused-ring (bicyclic) bond motifs is 6. The molecule has 4 amide bonds. The van der Waals surface area contributed by atoms with Crippen LogP contribution in [0.1, 0.15) is 24.3 Å². The molecule has 4 aliphatic rings. The Morgan fingerprint density at radius 3 is 1.75 bits per heavy atom. The van der Waals surface area contributed by atoms with E-state index in [-0.39, 0.29) is 36.2 Å². The average Bonchev–Trinajstić information content (AvgIpc) is 4.02. The van der Waals surface area contributed by atoms with Crippen molar-refractivity contribution in [1.82, 2.24) is 9.97 Å². The molecule has 2 aromatic heterocycles. The second-order valence-electron chi connectivity index (χ2n) is 15.7. The van der Waals surface area contributed by atoms with Gasteiger partial charge in [0.05, 0.1) is 42.2 Å². The number of aromatic hydroxyl groups is 1. The lowest BCUT2D eigenvalue weighted by Gasteiger charge is -2.44. The van der Waals surface area contributed by atoms with Crippen LogP contribution in [0.3, 0.4) is 0 Å². The minimum absolute atomic E-state index is 0.163. The number of anilines is 2. The van der Waals surface area contributed by atoms with Crippen molar-refractivity contribution < 1.29 is 37.9 Å². The average molecular weight is 862 g/mol. The Morgan fingerprint density at radius 2 is 1.20 bits per heavy atom. The van der Waals surface area contributed by atoms with Crippen molar-refractivity contribution in [3.05, 3.63) is 131 Å². The van der Waals surface area contributed by atoms with Crippen LogP contribution < -0.4 is 14.5 Å². The van der Waals surface area contributed by atoms with Crippen LogP contribution in [-0.4, -0.2) is 45.8 Å². The minimum Gasteiger partial charge on any atom is -0.504 e. The number of aromatic nitrogens is 2. The number of methoxy groups -OCH3 is 1. The summed E-state index contributed by atoms with van der Waals surface area (Å²) in [4.78, 5) is 70.0. The van der Waals surface area contributed by atoms with Gasteiger partial charge in [0.1, 0.15) is 11.0 Å². The molecule has 2 saturated heterocycles. The Labute approximate surface area is 350 Å². The lowest BCUT2D eigenvalue weighted by Crippen LogP contribution is -2.43. The van der Waals surface area contributed by atoms with Gasteiger partial charge in [0, 0.05) is 27.1 Å². The van der Waals surface area contributed by atoms with Gasteiger partial charge >= 0.3 is 0 Å². The minimum atomic E-state index is -0.902. The molecule has 3 fully saturated rings. The Balaban J connectivity index is 0.948. The van der Waals surface area contributed by atoms with Crippen LogP contribution in [-0.2, 0) is 19.2 Å². The number of amides is 4. The normalized spacial score (nSPS) is 23.6. The van der Waals surface area contributed by atoms with E-state index in [0.717, 1.165) is 11.1 Å². The van der Waals surface area contributed by atoms with Crippen molar-refractivity contribution in [3.8, 4) is 34.4 Å². The molecule has 0 radical (unpaired) electrons. The SMILES string of the molecule is COc1cc(Br)cc(C2C3=CCC4C(=O)N(c5ccc(-c6nc7ccccc7o6)cc5)C(=O)C4C3CC3C(=O)N(c4ccc(-c5nc6ccccc6o5)cc4)C(=O)C32)c1O. The smallest absolute Gasteiger partial charge is 0.238 e. The number of rotatable bonds is 6. The van der Waals surface area contributed by atoms with Gasteiger partial charge in [-0.15, -0.1) is 0 Å². The third-order valence-corrected chi connectivity index (χ3v) is 13.1. The first-order valence-corrected chi connectivity index (χ1v) is 20.4. The Hall–Kier alpha value is -6.86. The van der Waals surface area contributed by atoms with Gasteiger partial charge in [0.2, 0.25) is 35.4 Å². The highest BCUT2D eigenvalue weighted by Crippen LogP contribution is 2.60. The number of phenols is 1. The van der Waals surface area contributed by atoms with Crippen LogP contribution in [0.25, 0.3) is 45.1 Å². The number of phenolic OH excluding ortho intramolecular Hbond substituents is 1. The zero-order chi connectivity index (χ0) is 41.0. The van der Waals surface area contributed by atoms with Crippen LogP contribution in [0.5, 0.6) is 11.5 Å². The second-order valence-corrected chi connectivity index (χ2v) is 16.6. The summed E-state index contributed by atoms with van der Waals surface area (Å²) in [5, 5.41) is 11.7. The van der Waals surface area contributed by atoms with E-state index in [4.69, 9.17) is 13.6 Å². The molecule has 0 bridgehead atoms. The quantitative estimate of drug-likeness (QED) is 0.127. The summed E-state index contributed by atoms with van der Waals surface area (Å²) in [6.07, 6.45) is 2.37. The van der Waals surface area contributed by atoms with E-state index in [9.17, 15) is 24.3 Å². The van der Waals surface area contributed by atoms with Crippen LogP contribution in [0.4, 0.5) is 11.4 Å². The van der Waals surface area contributed by atoms with Crippen LogP contribution >= 0.6 is 15.9 Å². The largest absolute Gasteiger partial charge is 0.504 e. The van der Waals surface area contributed by atoms with Crippen LogP contribution in [0.2, 0.25) is 0 Å². The fourth-order valence-electron chi connectivity index (χ4n) is 9.93. The van der Waals surface area contributed by atoms with Crippen molar-refractivity contribution >= 4 is 73.1 Å². The standard InChI is InChI=1S/C47H33BrN4O8/c1-58-37-21-25(48)20-31(41(37)53)38-28-18-19-29-39(46(56)51(44(29)54)26-14-10-23(11-15-26)42-49-33-6-2-4-8-35(33)59-42)30(28)22-32-40(38)47(57)52(45(32)55)27-16-12-24(13-17-27)43-50-34-7-3-5-9-36(34)60-43/h2-18,20-21,29-30,32,38-40,53H,19,22H2,1H3. The van der Waals surface area contributed by atoms with Gasteiger partial charge in [0.15, 0.2) is 22.7 Å². The van der Waals surface area contributed by atoms with E-state index in [0.29, 0.717) is 61.0 Å². The maximum absolute atomic E-state index is 14.8. The van der Waals surface area contributed by atoms with Crippen molar-refractivity contribution in [2.45, 2.75) is 18.8 Å². The third kappa shape index (κ3) is 5.41. The van der Waals surface area contributed by atoms with Gasteiger partial charge in [-0.2, -0.15) is 0 Å². The number of nitrogens with zero attached hydrogens (tertiary/aromatic N) is 4. The van der Waals surface area contributed by atoms with E-state index in [1.807, 2.05) is 54.6 Å². The lowest BCUT2D eigenvalue weighted by molar-refractivity contribution is -0.126. The van der Waals surface area contributed by atoms with E-state index in [2.05, 4.69) is 25.9 Å². The highest BCUT2D eigenvalue weighted by Gasteiger charge is 2.62. The number of carbonyl (C=O) groups excluding carboxylic acids is 4. The molecule has 2 aliphatic heterocycles. The van der Waals surface area contributed by atoms with Gasteiger partial charge < -0.3 is 18.7 Å². The number of allylic oxidation sites excluding steroid dienone is 2. The molecule has 7 aromatic rings. The summed E-state index contributed by atoms with van der Waals surface area (Å²) >= 11 is 3.55. The van der Waals surface area contributed by atoms with E-state index in [1.54, 1.807) is 60.7 Å². The zero-order valence-corrected chi connectivity index (χ0v) is 33.4. The number of para-hydroxylation sites is 4. The molecule has 296 valence electrons. The highest BCUT2D eigenvalue weighted by molar-refractivity contribution is 9.10. The maximum Gasteiger partial charge on any atom is 0.238 e. The predicted molar refractivity (Wildman–Crippen MR) is 224 cm³/mol. The summed E-state index contributed by atoms with van der Waals surface area (Å²) < 4.78 is 18.0. The van der Waals surface area contributed by atoms with Crippen molar-refractivity contribution in [1.29, 1.82) is 0 Å². The number of hydrogen-bond acceptors (Lipinski definition) is 10. The highest BCUT2D eigenvalue weighted by atomic mass is 79.9. The molecular formula is C47H33BrN4O8. The third-order valence-electron chi connectivity index (χ3n) is 12.6. The molecule has 6 atom stereocenters. The van der Waals surface area contributed by atoms with Crippen molar-refractivity contribution in [3.63, 3.8) is 0 Å². The number of halogens is 1. The summed E-state index contributed by atoms with van der Waals surface area (Å²) in [6, 6.07) is 32.1. The molecule has 13 heteroatoms. The molecule has 1 N–H and O–H groups in total. The topological polar surface area (TPSA) is 156 Å². The van der Waals surface area contributed by atoms with Gasteiger partial charge in [-0.05, 0) is 104 Å². The molecule has 5 aromatic carbocycles. The van der Waals surface area contributed by atoms with Crippen LogP contribution in [0.15, 0.2) is 134 Å². The summed E-state index contributed by atoms with van der Waals surface area (Å²) in [5.74, 6) is -5.25. The Morgan fingerprint density at radius 1 is 0.667 bits per heavy atom. The number of ether oxygens (including phenoxy) is 1. The van der Waals surface area contributed by atoms with E-state index in [1.165, 1.54) is 16.9 Å². The molecular weight excluding hydrogens is 828 g/mol. The molecule has 60 heavy (non-hydrogen) atoms. The van der Waals surface area contributed by atoms with E-state index < -0.39 is 47.3 Å². The van der Waals surface area contributed by atoms with Gasteiger partial charge in [-0.3, -0.25) is 29.0 Å². The molecule has 11 rings (SSSR count). The number of benzene rings is 5. The van der Waals surface area contributed by atoms with Crippen molar-refractivity contribution in [2.75, 3.05) is 16.9 Å². The van der Waals surface area contributed by atoms with Crippen molar-refractivity contribution in [2.24, 2.45) is 29.6 Å². The number of hydrogen-bond donors (Lipinski definition) is 1. The number of carbonyl (C=O) groups is 4. The lowest BCUT2D eigenvalue weighted by atomic mass is 9.57. The summed E-state index contributed by atoms with van der Waals surface area (Å²) in [6.45, 7) is 0. The molecule has 2 aliphatic carbocycles. The monoisotopic (exact) mass is 860 g/mol.